The van der Waals surface area contributed by atoms with Gasteiger partial charge >= 0.3 is 0 Å². The molecule has 4 heteroatoms. The molecule has 2 aliphatic heterocycles. The van der Waals surface area contributed by atoms with E-state index in [-0.39, 0.29) is 6.71 Å². The van der Waals surface area contributed by atoms with Crippen LogP contribution >= 0.6 is 0 Å². The molecule has 13 aromatic rings. The minimum absolute atomic E-state index is 0.0397. The van der Waals surface area contributed by atoms with Crippen molar-refractivity contribution in [3.8, 4) is 61.3 Å². The van der Waals surface area contributed by atoms with E-state index in [0.717, 1.165) is 39.6 Å². The lowest BCUT2D eigenvalue weighted by molar-refractivity contribution is 1.18. The van der Waals surface area contributed by atoms with Gasteiger partial charge in [-0.1, -0.05) is 200 Å². The van der Waals surface area contributed by atoms with Gasteiger partial charge in [-0.3, -0.25) is 0 Å². The van der Waals surface area contributed by atoms with Crippen LogP contribution < -0.4 is 26.2 Å². The summed E-state index contributed by atoms with van der Waals surface area (Å²) < 4.78 is 2.40. The first kappa shape index (κ1) is 43.7. The average Bonchev–Trinajstić information content (AvgIpc) is 3.94. The zero-order valence-electron chi connectivity index (χ0n) is 41.6. The summed E-state index contributed by atoms with van der Waals surface area (Å²) in [4.78, 5) is 5.13. The Kier molecular flexibility index (Phi) is 10.3. The summed E-state index contributed by atoms with van der Waals surface area (Å²) >= 11 is 0. The summed E-state index contributed by atoms with van der Waals surface area (Å²) in [5.41, 5.74) is 25.9. The van der Waals surface area contributed by atoms with E-state index in [1.807, 2.05) is 0 Å². The maximum atomic E-state index is 2.56. The standard InChI is InChI=1S/C72H48BN3/c1-6-22-49(23-7-1)54-40-55(50-24-8-2-9-25-50)43-60(42-54)75-68-36-20-17-33-64(68)73-65-34-18-21-37-69(65)76(61-44-56(51-26-10-3-11-27-51)41-57(45-61)52-28-12-4-13-29-52)71-48-58(47-70(75)72(71)73)53-38-39-67-63(46-53)62-32-16-19-35-66(62)74(67)59-30-14-5-15-31-59/h1-48H. The normalized spacial score (nSPS) is 12.4. The molecule has 2 aliphatic rings. The highest BCUT2D eigenvalue weighted by atomic mass is 15.2. The molecule has 0 unspecified atom stereocenters. The van der Waals surface area contributed by atoms with Crippen LogP contribution in [-0.4, -0.2) is 11.3 Å². The van der Waals surface area contributed by atoms with Crippen molar-refractivity contribution in [1.82, 2.24) is 4.57 Å². The minimum atomic E-state index is -0.0397. The van der Waals surface area contributed by atoms with Gasteiger partial charge in [0.15, 0.2) is 0 Å². The molecule has 0 spiro atoms. The molecule has 354 valence electrons. The molecule has 0 N–H and O–H groups in total. The largest absolute Gasteiger partial charge is 0.311 e. The minimum Gasteiger partial charge on any atom is -0.311 e. The molecule has 3 heterocycles. The van der Waals surface area contributed by atoms with Crippen LogP contribution in [-0.2, 0) is 0 Å². The zero-order valence-corrected chi connectivity index (χ0v) is 41.6. The predicted molar refractivity (Wildman–Crippen MR) is 322 cm³/mol. The number of benzene rings is 12. The molecular formula is C72H48BN3. The van der Waals surface area contributed by atoms with Crippen LogP contribution in [0.5, 0.6) is 0 Å². The van der Waals surface area contributed by atoms with Crippen molar-refractivity contribution in [3.63, 3.8) is 0 Å². The molecule has 0 saturated heterocycles. The van der Waals surface area contributed by atoms with E-state index in [0.29, 0.717) is 0 Å². The van der Waals surface area contributed by atoms with Gasteiger partial charge < -0.3 is 14.4 Å². The van der Waals surface area contributed by atoms with E-state index in [1.54, 1.807) is 0 Å². The van der Waals surface area contributed by atoms with Crippen molar-refractivity contribution in [2.45, 2.75) is 0 Å². The summed E-state index contributed by atoms with van der Waals surface area (Å²) in [6.07, 6.45) is 0. The average molecular weight is 966 g/mol. The fourth-order valence-electron chi connectivity index (χ4n) is 12.3. The fourth-order valence-corrected chi connectivity index (χ4v) is 12.3. The summed E-state index contributed by atoms with van der Waals surface area (Å²) in [5, 5.41) is 2.45. The lowest BCUT2D eigenvalue weighted by Gasteiger charge is -2.44. The number of hydrogen-bond acceptors (Lipinski definition) is 2. The number of rotatable bonds is 8. The molecule has 0 aliphatic carbocycles. The Morgan fingerprint density at radius 1 is 0.224 bits per heavy atom. The van der Waals surface area contributed by atoms with Crippen LogP contribution in [0.1, 0.15) is 0 Å². The summed E-state index contributed by atoms with van der Waals surface area (Å²) in [7, 11) is 0. The Hall–Kier alpha value is -9.90. The highest BCUT2D eigenvalue weighted by molar-refractivity contribution is 7.00. The van der Waals surface area contributed by atoms with Gasteiger partial charge in [0.25, 0.3) is 6.71 Å². The van der Waals surface area contributed by atoms with Crippen LogP contribution in [0.25, 0.3) is 83.1 Å². The first-order valence-corrected chi connectivity index (χ1v) is 26.3. The lowest BCUT2D eigenvalue weighted by Crippen LogP contribution is -2.61. The highest BCUT2D eigenvalue weighted by Gasteiger charge is 2.43. The number of nitrogens with zero attached hydrogens (tertiary/aromatic N) is 3. The van der Waals surface area contributed by atoms with Crippen molar-refractivity contribution < 1.29 is 0 Å². The Balaban J connectivity index is 1.04. The van der Waals surface area contributed by atoms with Gasteiger partial charge in [0.1, 0.15) is 0 Å². The number of para-hydroxylation sites is 4. The van der Waals surface area contributed by atoms with Crippen molar-refractivity contribution in [2.24, 2.45) is 0 Å². The third-order valence-electron chi connectivity index (χ3n) is 15.7. The third kappa shape index (κ3) is 7.21. The highest BCUT2D eigenvalue weighted by Crippen LogP contribution is 2.49. The van der Waals surface area contributed by atoms with Crippen molar-refractivity contribution >= 4 is 79.0 Å². The summed E-state index contributed by atoms with van der Waals surface area (Å²) in [5.74, 6) is 0. The van der Waals surface area contributed by atoms with Crippen LogP contribution in [0.2, 0.25) is 0 Å². The molecule has 0 saturated carbocycles. The molecule has 0 radical (unpaired) electrons. The SMILES string of the molecule is c1ccc(-c2cc(-c3ccccc3)cc(N3c4ccccc4B4c5ccccc5N(c5cc(-c6ccccc6)cc(-c6ccccc6)c5)c5cc(-c6ccc7c(c6)c6ccccc6n7-c6ccccc6)cc3c54)c2)cc1. The number of aromatic nitrogens is 1. The van der Waals surface area contributed by atoms with Gasteiger partial charge in [0, 0.05) is 50.6 Å². The Morgan fingerprint density at radius 2 is 0.605 bits per heavy atom. The number of hydrogen-bond donors (Lipinski definition) is 0. The van der Waals surface area contributed by atoms with E-state index >= 15 is 0 Å². The van der Waals surface area contributed by atoms with Gasteiger partial charge in [-0.25, -0.2) is 0 Å². The first-order valence-electron chi connectivity index (χ1n) is 26.3. The van der Waals surface area contributed by atoms with Crippen molar-refractivity contribution in [2.75, 3.05) is 9.80 Å². The van der Waals surface area contributed by atoms with Gasteiger partial charge in [0.05, 0.1) is 11.0 Å². The molecule has 0 bridgehead atoms. The van der Waals surface area contributed by atoms with Crippen LogP contribution in [0, 0.1) is 0 Å². The summed E-state index contributed by atoms with van der Waals surface area (Å²) in [6, 6.07) is 107. The maximum Gasteiger partial charge on any atom is 0.252 e. The second kappa shape index (κ2) is 17.9. The Bertz CT molecular complexity index is 4030. The molecule has 12 aromatic carbocycles. The molecule has 1 aromatic heterocycles. The van der Waals surface area contributed by atoms with Crippen LogP contribution in [0.4, 0.5) is 34.1 Å². The molecule has 0 atom stereocenters. The van der Waals surface area contributed by atoms with E-state index in [9.17, 15) is 0 Å². The second-order valence-corrected chi connectivity index (χ2v) is 20.1. The topological polar surface area (TPSA) is 11.4 Å². The van der Waals surface area contributed by atoms with Crippen LogP contribution in [0.15, 0.2) is 291 Å². The lowest BCUT2D eigenvalue weighted by atomic mass is 9.33. The molecule has 76 heavy (non-hydrogen) atoms. The molecule has 0 amide bonds. The fraction of sp³-hybridized carbons (Fsp3) is 0. The van der Waals surface area contributed by atoms with Gasteiger partial charge in [0.2, 0.25) is 0 Å². The first-order chi connectivity index (χ1) is 37.7. The van der Waals surface area contributed by atoms with Gasteiger partial charge in [-0.2, -0.15) is 0 Å². The monoisotopic (exact) mass is 965 g/mol. The maximum absolute atomic E-state index is 2.56. The third-order valence-corrected chi connectivity index (χ3v) is 15.7. The van der Waals surface area contributed by atoms with Crippen molar-refractivity contribution in [1.29, 1.82) is 0 Å². The number of fused-ring (bicyclic) bond motifs is 7. The van der Waals surface area contributed by atoms with E-state index < -0.39 is 0 Å². The Morgan fingerprint density at radius 3 is 1.08 bits per heavy atom. The molecular weight excluding hydrogens is 918 g/mol. The predicted octanol–water partition coefficient (Wildman–Crippen LogP) is 17.2. The van der Waals surface area contributed by atoms with Crippen LogP contribution in [0.3, 0.4) is 0 Å². The second-order valence-electron chi connectivity index (χ2n) is 20.1. The van der Waals surface area contributed by atoms with Gasteiger partial charge in [-0.15, -0.1) is 0 Å². The molecule has 3 nitrogen and oxygen atoms in total. The Labute approximate surface area is 443 Å². The smallest absolute Gasteiger partial charge is 0.252 e. The number of anilines is 6. The van der Waals surface area contributed by atoms with Crippen molar-refractivity contribution in [3.05, 3.63) is 291 Å². The quantitative estimate of drug-likeness (QED) is 0.141. The molecule has 0 fully saturated rings. The molecule has 15 rings (SSSR count). The van der Waals surface area contributed by atoms with E-state index in [4.69, 9.17) is 0 Å². The van der Waals surface area contributed by atoms with E-state index in [2.05, 4.69) is 306 Å². The van der Waals surface area contributed by atoms with Gasteiger partial charge in [-0.05, 0) is 163 Å². The van der Waals surface area contributed by atoms with E-state index in [1.165, 1.54) is 94.1 Å². The summed E-state index contributed by atoms with van der Waals surface area (Å²) in [6.45, 7) is -0.0397. The zero-order chi connectivity index (χ0) is 50.1.